The van der Waals surface area contributed by atoms with E-state index in [2.05, 4.69) is 159 Å². The summed E-state index contributed by atoms with van der Waals surface area (Å²) in [6, 6.07) is 45.7. The zero-order valence-electron chi connectivity index (χ0n) is 24.4. The van der Waals surface area contributed by atoms with E-state index >= 15 is 0 Å². The van der Waals surface area contributed by atoms with Crippen molar-refractivity contribution in [2.45, 2.75) is 18.5 Å². The molecule has 0 amide bonds. The van der Waals surface area contributed by atoms with Crippen molar-refractivity contribution in [2.75, 3.05) is 28.2 Å². The molecule has 0 fully saturated rings. The fraction of sp³-hybridized carbons (Fsp3) is 0.179. The highest BCUT2D eigenvalue weighted by atomic mass is 15.1. The van der Waals surface area contributed by atoms with Crippen LogP contribution in [0, 0.1) is 0 Å². The fourth-order valence-corrected chi connectivity index (χ4v) is 7.18. The molecule has 1 aliphatic carbocycles. The van der Waals surface area contributed by atoms with Crippen LogP contribution in [-0.2, 0) is 18.5 Å². The Labute approximate surface area is 243 Å². The van der Waals surface area contributed by atoms with Gasteiger partial charge in [0.15, 0.2) is 0 Å². The molecular weight excluding hydrogens is 496 g/mol. The van der Waals surface area contributed by atoms with Gasteiger partial charge in [-0.3, -0.25) is 0 Å². The standard InChI is InChI=1S/C39H36N2/c1-40(2)25-29-23-31(21-27-13-5-7-15-33(27)29)39(37-19-11-9-17-35(37)36-18-10-12-20-38(36)39)32-22-28-14-6-8-16-34(28)30(24-32)26-41(3)4/h5-24H,25-26H2,1-4H3. The Morgan fingerprint density at radius 3 is 1.29 bits per heavy atom. The summed E-state index contributed by atoms with van der Waals surface area (Å²) in [6.07, 6.45) is 0. The van der Waals surface area contributed by atoms with E-state index in [9.17, 15) is 0 Å². The Bertz CT molecular complexity index is 1770. The second kappa shape index (κ2) is 9.99. The van der Waals surface area contributed by atoms with Gasteiger partial charge in [-0.1, -0.05) is 109 Å². The Kier molecular flexibility index (Phi) is 6.27. The van der Waals surface area contributed by atoms with Crippen LogP contribution in [0.25, 0.3) is 32.7 Å². The molecule has 6 aromatic carbocycles. The lowest BCUT2D eigenvalue weighted by Gasteiger charge is -2.35. The van der Waals surface area contributed by atoms with Crippen LogP contribution >= 0.6 is 0 Å². The second-order valence-corrected chi connectivity index (χ2v) is 12.0. The average Bonchev–Trinajstić information content (AvgIpc) is 3.28. The molecule has 0 spiro atoms. The molecule has 41 heavy (non-hydrogen) atoms. The summed E-state index contributed by atoms with van der Waals surface area (Å²) in [6.45, 7) is 1.77. The first-order valence-electron chi connectivity index (χ1n) is 14.5. The smallest absolute Gasteiger partial charge is 0.0714 e. The Morgan fingerprint density at radius 2 is 0.854 bits per heavy atom. The minimum atomic E-state index is -0.441. The van der Waals surface area contributed by atoms with E-state index in [1.54, 1.807) is 0 Å². The molecule has 1 aliphatic rings. The van der Waals surface area contributed by atoms with Crippen LogP contribution in [0.5, 0.6) is 0 Å². The summed E-state index contributed by atoms with van der Waals surface area (Å²) in [5, 5.41) is 5.23. The van der Waals surface area contributed by atoms with E-state index in [-0.39, 0.29) is 0 Å². The van der Waals surface area contributed by atoms with Gasteiger partial charge in [-0.2, -0.15) is 0 Å². The van der Waals surface area contributed by atoms with Crippen molar-refractivity contribution in [1.82, 2.24) is 9.80 Å². The molecule has 0 unspecified atom stereocenters. The molecule has 0 heterocycles. The molecule has 2 heteroatoms. The molecule has 2 nitrogen and oxygen atoms in total. The summed E-state index contributed by atoms with van der Waals surface area (Å²) in [5.41, 5.74) is 10.3. The Hall–Kier alpha value is -4.24. The van der Waals surface area contributed by atoms with E-state index in [1.807, 2.05) is 0 Å². The van der Waals surface area contributed by atoms with Crippen LogP contribution in [0.4, 0.5) is 0 Å². The summed E-state index contributed by atoms with van der Waals surface area (Å²) < 4.78 is 0. The van der Waals surface area contributed by atoms with Crippen LogP contribution in [0.3, 0.4) is 0 Å². The number of nitrogens with zero attached hydrogens (tertiary/aromatic N) is 2. The van der Waals surface area contributed by atoms with Gasteiger partial charge in [-0.15, -0.1) is 0 Å². The number of fused-ring (bicyclic) bond motifs is 5. The maximum atomic E-state index is 2.49. The third kappa shape index (κ3) is 4.10. The summed E-state index contributed by atoms with van der Waals surface area (Å²) >= 11 is 0. The third-order valence-electron chi connectivity index (χ3n) is 8.69. The van der Waals surface area contributed by atoms with Crippen molar-refractivity contribution in [2.24, 2.45) is 0 Å². The maximum absolute atomic E-state index is 2.49. The highest BCUT2D eigenvalue weighted by Crippen LogP contribution is 2.57. The molecule has 0 bridgehead atoms. The molecule has 0 saturated heterocycles. The Balaban J connectivity index is 1.65. The molecule has 202 valence electrons. The highest BCUT2D eigenvalue weighted by Gasteiger charge is 2.46. The van der Waals surface area contributed by atoms with Crippen molar-refractivity contribution in [1.29, 1.82) is 0 Å². The molecule has 0 aromatic heterocycles. The van der Waals surface area contributed by atoms with Gasteiger partial charge in [-0.25, -0.2) is 0 Å². The van der Waals surface area contributed by atoms with Gasteiger partial charge in [0, 0.05) is 13.1 Å². The van der Waals surface area contributed by atoms with Crippen molar-refractivity contribution >= 4 is 21.5 Å². The summed E-state index contributed by atoms with van der Waals surface area (Å²) in [4.78, 5) is 4.56. The number of rotatable bonds is 6. The van der Waals surface area contributed by atoms with Crippen molar-refractivity contribution in [3.63, 3.8) is 0 Å². The lowest BCUT2D eigenvalue weighted by atomic mass is 9.66. The minimum absolute atomic E-state index is 0.441. The van der Waals surface area contributed by atoms with Gasteiger partial charge in [0.1, 0.15) is 0 Å². The van der Waals surface area contributed by atoms with Gasteiger partial charge < -0.3 is 9.80 Å². The second-order valence-electron chi connectivity index (χ2n) is 12.0. The Morgan fingerprint density at radius 1 is 0.463 bits per heavy atom. The molecule has 0 saturated carbocycles. The lowest BCUT2D eigenvalue weighted by Crippen LogP contribution is -2.29. The van der Waals surface area contributed by atoms with Crippen LogP contribution < -0.4 is 0 Å². The molecule has 7 rings (SSSR count). The minimum Gasteiger partial charge on any atom is -0.305 e. The maximum Gasteiger partial charge on any atom is 0.0714 e. The number of benzene rings is 6. The number of hydrogen-bond acceptors (Lipinski definition) is 2. The van der Waals surface area contributed by atoms with Crippen molar-refractivity contribution in [3.05, 3.63) is 155 Å². The van der Waals surface area contributed by atoms with E-state index < -0.39 is 5.41 Å². The molecule has 0 atom stereocenters. The molecular formula is C39H36N2. The fourth-order valence-electron chi connectivity index (χ4n) is 7.18. The number of hydrogen-bond donors (Lipinski definition) is 0. The molecule has 6 aromatic rings. The van der Waals surface area contributed by atoms with Crippen molar-refractivity contribution < 1.29 is 0 Å². The largest absolute Gasteiger partial charge is 0.305 e. The van der Waals surface area contributed by atoms with Crippen molar-refractivity contribution in [3.8, 4) is 11.1 Å². The van der Waals surface area contributed by atoms with Gasteiger partial charge in [-0.05, 0) is 106 Å². The van der Waals surface area contributed by atoms with Crippen LogP contribution in [0.15, 0.2) is 121 Å². The third-order valence-corrected chi connectivity index (χ3v) is 8.69. The van der Waals surface area contributed by atoms with Gasteiger partial charge in [0.25, 0.3) is 0 Å². The van der Waals surface area contributed by atoms with Crippen LogP contribution in [-0.4, -0.2) is 38.0 Å². The van der Waals surface area contributed by atoms with Gasteiger partial charge >= 0.3 is 0 Å². The van der Waals surface area contributed by atoms with E-state index in [0.717, 1.165) is 13.1 Å². The SMILES string of the molecule is CN(C)Cc1cc(C2(c3cc(CN(C)C)c4ccccc4c3)c3ccccc3-c3ccccc32)cc2ccccc12. The first kappa shape index (κ1) is 25.7. The first-order chi connectivity index (χ1) is 20.0. The predicted molar refractivity (Wildman–Crippen MR) is 174 cm³/mol. The lowest BCUT2D eigenvalue weighted by molar-refractivity contribution is 0.403. The quantitative estimate of drug-likeness (QED) is 0.212. The zero-order valence-corrected chi connectivity index (χ0v) is 24.4. The molecule has 0 aliphatic heterocycles. The highest BCUT2D eigenvalue weighted by molar-refractivity contribution is 5.93. The molecule has 0 N–H and O–H groups in total. The van der Waals surface area contributed by atoms with E-state index in [4.69, 9.17) is 0 Å². The van der Waals surface area contributed by atoms with E-state index in [0.29, 0.717) is 0 Å². The van der Waals surface area contributed by atoms with Crippen LogP contribution in [0.1, 0.15) is 33.4 Å². The zero-order chi connectivity index (χ0) is 28.1. The predicted octanol–water partition coefficient (Wildman–Crippen LogP) is 8.48. The summed E-state index contributed by atoms with van der Waals surface area (Å²) in [5.74, 6) is 0. The molecule has 0 radical (unpaired) electrons. The first-order valence-corrected chi connectivity index (χ1v) is 14.5. The van der Waals surface area contributed by atoms with Gasteiger partial charge in [0.05, 0.1) is 5.41 Å². The van der Waals surface area contributed by atoms with E-state index in [1.165, 1.54) is 66.1 Å². The normalized spacial score (nSPS) is 13.7. The van der Waals surface area contributed by atoms with Crippen LogP contribution in [0.2, 0.25) is 0 Å². The van der Waals surface area contributed by atoms with Gasteiger partial charge in [0.2, 0.25) is 0 Å². The topological polar surface area (TPSA) is 6.48 Å². The monoisotopic (exact) mass is 532 g/mol. The average molecular weight is 533 g/mol. The summed E-state index contributed by atoms with van der Waals surface area (Å²) in [7, 11) is 8.64.